The number of rotatable bonds is 7. The molecule has 33 heavy (non-hydrogen) atoms. The number of aryl methyl sites for hydroxylation is 1. The Morgan fingerprint density at radius 3 is 2.21 bits per heavy atom. The minimum Gasteiger partial charge on any atom is -0.486 e. The Kier molecular flexibility index (Phi) is 6.55. The first-order chi connectivity index (χ1) is 15.9. The molecular weight excluding hydrogens is 440 g/mol. The lowest BCUT2D eigenvalue weighted by Crippen LogP contribution is -2.26. The second kappa shape index (κ2) is 9.54. The number of sulfonamides is 1. The van der Waals surface area contributed by atoms with Crippen molar-refractivity contribution in [3.63, 3.8) is 0 Å². The van der Waals surface area contributed by atoms with Gasteiger partial charge in [-0.1, -0.05) is 31.2 Å². The first kappa shape index (κ1) is 22.7. The van der Waals surface area contributed by atoms with Crippen molar-refractivity contribution in [2.24, 2.45) is 0 Å². The van der Waals surface area contributed by atoms with E-state index in [2.05, 4.69) is 23.8 Å². The van der Waals surface area contributed by atoms with E-state index in [-0.39, 0.29) is 10.8 Å². The summed E-state index contributed by atoms with van der Waals surface area (Å²) in [5, 5.41) is 0. The SMILES string of the molecule is CCc1ccc(CN(C)C(=O)c2ccc(NS(=O)(=O)c3ccc4c(c3)OCCO4)cc2)cc1. The van der Waals surface area contributed by atoms with Crippen LogP contribution in [0.5, 0.6) is 11.5 Å². The summed E-state index contributed by atoms with van der Waals surface area (Å²) in [6.07, 6.45) is 0.972. The molecule has 0 atom stereocenters. The van der Waals surface area contributed by atoms with Gasteiger partial charge in [-0.3, -0.25) is 9.52 Å². The summed E-state index contributed by atoms with van der Waals surface area (Å²) in [5.74, 6) is 0.779. The largest absolute Gasteiger partial charge is 0.486 e. The Bertz CT molecular complexity index is 1240. The Balaban J connectivity index is 1.42. The number of hydrogen-bond donors (Lipinski definition) is 1. The van der Waals surface area contributed by atoms with E-state index in [1.54, 1.807) is 42.3 Å². The van der Waals surface area contributed by atoms with E-state index in [0.717, 1.165) is 12.0 Å². The smallest absolute Gasteiger partial charge is 0.262 e. The molecule has 8 heteroatoms. The number of nitrogens with one attached hydrogen (secondary N) is 1. The molecule has 1 amide bonds. The Morgan fingerprint density at radius 2 is 1.55 bits per heavy atom. The lowest BCUT2D eigenvalue weighted by Gasteiger charge is -2.19. The van der Waals surface area contributed by atoms with E-state index < -0.39 is 10.0 Å². The maximum atomic E-state index is 12.8. The van der Waals surface area contributed by atoms with E-state index in [4.69, 9.17) is 9.47 Å². The molecule has 0 radical (unpaired) electrons. The molecule has 0 spiro atoms. The van der Waals surface area contributed by atoms with Gasteiger partial charge in [0.15, 0.2) is 11.5 Å². The van der Waals surface area contributed by atoms with Gasteiger partial charge in [-0.2, -0.15) is 0 Å². The van der Waals surface area contributed by atoms with Gasteiger partial charge in [-0.05, 0) is 53.9 Å². The Morgan fingerprint density at radius 1 is 0.909 bits per heavy atom. The molecule has 0 saturated carbocycles. The second-order valence-electron chi connectivity index (χ2n) is 7.82. The normalized spacial score (nSPS) is 12.8. The first-order valence-corrected chi connectivity index (χ1v) is 12.2. The quantitative estimate of drug-likeness (QED) is 0.567. The summed E-state index contributed by atoms with van der Waals surface area (Å²) in [4.78, 5) is 14.5. The van der Waals surface area contributed by atoms with E-state index in [0.29, 0.717) is 42.5 Å². The van der Waals surface area contributed by atoms with E-state index in [9.17, 15) is 13.2 Å². The van der Waals surface area contributed by atoms with Crippen LogP contribution in [-0.2, 0) is 23.0 Å². The second-order valence-corrected chi connectivity index (χ2v) is 9.50. The molecule has 3 aromatic rings. The molecule has 1 N–H and O–H groups in total. The van der Waals surface area contributed by atoms with Gasteiger partial charge >= 0.3 is 0 Å². The number of benzene rings is 3. The summed E-state index contributed by atoms with van der Waals surface area (Å²) in [6, 6.07) is 19.0. The van der Waals surface area contributed by atoms with Crippen molar-refractivity contribution in [2.75, 3.05) is 25.0 Å². The molecule has 1 aliphatic rings. The molecule has 7 nitrogen and oxygen atoms in total. The number of amides is 1. The van der Waals surface area contributed by atoms with Crippen LogP contribution in [0.25, 0.3) is 0 Å². The average Bonchev–Trinajstić information content (AvgIpc) is 2.84. The van der Waals surface area contributed by atoms with Gasteiger partial charge in [0.05, 0.1) is 4.90 Å². The Labute approximate surface area is 194 Å². The zero-order chi connectivity index (χ0) is 23.4. The van der Waals surface area contributed by atoms with Gasteiger partial charge in [0.1, 0.15) is 13.2 Å². The van der Waals surface area contributed by atoms with Gasteiger partial charge in [0, 0.05) is 30.9 Å². The van der Waals surface area contributed by atoms with Crippen molar-refractivity contribution in [2.45, 2.75) is 24.8 Å². The van der Waals surface area contributed by atoms with Crippen LogP contribution >= 0.6 is 0 Å². The van der Waals surface area contributed by atoms with Crippen LogP contribution in [0.4, 0.5) is 5.69 Å². The number of anilines is 1. The van der Waals surface area contributed by atoms with Gasteiger partial charge in [-0.25, -0.2) is 8.42 Å². The van der Waals surface area contributed by atoms with Gasteiger partial charge in [0.25, 0.3) is 15.9 Å². The fourth-order valence-electron chi connectivity index (χ4n) is 3.53. The van der Waals surface area contributed by atoms with Crippen molar-refractivity contribution in [1.82, 2.24) is 4.90 Å². The van der Waals surface area contributed by atoms with Crippen molar-refractivity contribution in [3.05, 3.63) is 83.4 Å². The topological polar surface area (TPSA) is 84.9 Å². The lowest BCUT2D eigenvalue weighted by molar-refractivity contribution is 0.0785. The van der Waals surface area contributed by atoms with E-state index >= 15 is 0 Å². The molecule has 1 aliphatic heterocycles. The van der Waals surface area contributed by atoms with Crippen LogP contribution in [0.2, 0.25) is 0 Å². The van der Waals surface area contributed by atoms with Crippen LogP contribution in [-0.4, -0.2) is 39.5 Å². The minimum atomic E-state index is -3.82. The summed E-state index contributed by atoms with van der Waals surface area (Å²) >= 11 is 0. The maximum Gasteiger partial charge on any atom is 0.262 e. The van der Waals surface area contributed by atoms with Crippen molar-refractivity contribution >= 4 is 21.6 Å². The minimum absolute atomic E-state index is 0.0701. The highest BCUT2D eigenvalue weighted by atomic mass is 32.2. The molecule has 0 aliphatic carbocycles. The monoisotopic (exact) mass is 466 g/mol. The highest BCUT2D eigenvalue weighted by Gasteiger charge is 2.20. The number of fused-ring (bicyclic) bond motifs is 1. The lowest BCUT2D eigenvalue weighted by atomic mass is 10.1. The molecule has 0 fully saturated rings. The molecule has 3 aromatic carbocycles. The standard InChI is InChI=1S/C25H26N2O5S/c1-3-18-4-6-19(7-5-18)17-27(2)25(28)20-8-10-21(11-9-20)26-33(29,30)22-12-13-23-24(16-22)32-15-14-31-23/h4-13,16,26H,3,14-15,17H2,1-2H3. The van der Waals surface area contributed by atoms with E-state index in [1.165, 1.54) is 17.7 Å². The van der Waals surface area contributed by atoms with Gasteiger partial charge in [-0.15, -0.1) is 0 Å². The highest BCUT2D eigenvalue weighted by molar-refractivity contribution is 7.92. The first-order valence-electron chi connectivity index (χ1n) is 10.7. The zero-order valence-electron chi connectivity index (χ0n) is 18.6. The summed E-state index contributed by atoms with van der Waals surface area (Å²) in [7, 11) is -2.08. The third-order valence-corrected chi connectivity index (χ3v) is 6.78. The fourth-order valence-corrected chi connectivity index (χ4v) is 4.61. The third kappa shape index (κ3) is 5.28. The Hall–Kier alpha value is -3.52. The summed E-state index contributed by atoms with van der Waals surface area (Å²) in [5.41, 5.74) is 3.14. The molecule has 0 bridgehead atoms. The van der Waals surface area contributed by atoms with Crippen molar-refractivity contribution < 1.29 is 22.7 Å². The van der Waals surface area contributed by atoms with Crippen LogP contribution in [0.1, 0.15) is 28.4 Å². The zero-order valence-corrected chi connectivity index (χ0v) is 19.4. The highest BCUT2D eigenvalue weighted by Crippen LogP contribution is 2.32. The fraction of sp³-hybridized carbons (Fsp3) is 0.240. The summed E-state index contributed by atoms with van der Waals surface area (Å²) in [6.45, 7) is 3.40. The van der Waals surface area contributed by atoms with Crippen molar-refractivity contribution in [3.8, 4) is 11.5 Å². The molecule has 4 rings (SSSR count). The van der Waals surface area contributed by atoms with E-state index in [1.807, 2.05) is 12.1 Å². The maximum absolute atomic E-state index is 12.8. The number of ether oxygens (including phenoxy) is 2. The average molecular weight is 467 g/mol. The predicted molar refractivity (Wildman–Crippen MR) is 126 cm³/mol. The van der Waals surface area contributed by atoms with Crippen LogP contribution in [0, 0.1) is 0 Å². The molecule has 1 heterocycles. The molecule has 0 aromatic heterocycles. The number of carbonyl (C=O) groups is 1. The van der Waals surface area contributed by atoms with Crippen LogP contribution in [0.3, 0.4) is 0 Å². The van der Waals surface area contributed by atoms with Gasteiger partial charge in [0.2, 0.25) is 0 Å². The third-order valence-electron chi connectivity index (χ3n) is 5.41. The van der Waals surface area contributed by atoms with Crippen molar-refractivity contribution in [1.29, 1.82) is 0 Å². The summed E-state index contributed by atoms with van der Waals surface area (Å²) < 4.78 is 39.0. The molecule has 0 saturated heterocycles. The molecular formula is C25H26N2O5S. The molecule has 172 valence electrons. The number of carbonyl (C=O) groups excluding carboxylic acids is 1. The van der Waals surface area contributed by atoms with Gasteiger partial charge < -0.3 is 14.4 Å². The predicted octanol–water partition coefficient (Wildman–Crippen LogP) is 4.09. The molecule has 0 unspecified atom stereocenters. The number of nitrogens with zero attached hydrogens (tertiary/aromatic N) is 1. The van der Waals surface area contributed by atoms with Crippen LogP contribution in [0.15, 0.2) is 71.6 Å². The number of hydrogen-bond acceptors (Lipinski definition) is 5. The van der Waals surface area contributed by atoms with Crippen LogP contribution < -0.4 is 14.2 Å².